The van der Waals surface area contributed by atoms with Gasteiger partial charge in [-0.15, -0.1) is 0 Å². The molecule has 9 atom stereocenters. The molecule has 13 rings (SSSR count). The first-order valence-electron chi connectivity index (χ1n) is 42.8. The fraction of sp³-hybridized carbons (Fsp3) is 0.529. The minimum Gasteiger partial charge on any atom is -0.509 e. The van der Waals surface area contributed by atoms with Crippen LogP contribution in [0.15, 0.2) is 137 Å². The first-order chi connectivity index (χ1) is 60.5. The maximum atomic E-state index is 13.5. The lowest BCUT2D eigenvalue weighted by Gasteiger charge is -2.36. The molecule has 0 bridgehead atoms. The molecule has 0 aromatic heterocycles. The standard InChI is InChI=1S/2C22H33N4O6PS.C21H31N4O6PS.C20H27N4O6PS/c1-21(2,3)10-11-26-18(22(4,5)6)17(27)16(20(26)28)19-23-14-9-8-13(25-34(7,31)32)12-15(14)33(29,30)24-19;1-7-13(2)10-11-26-19(22(3,4)5)18(27)17(21(26)28)20-23-15-9-8-14(25-34(6,31)32)12-16(15)33(29,30)24-20;1-12(2)9-10-25-18(21(3,4)5)17(26)16(20(25)27)19-22-14-8-7-13(24-33(6,30)31)11-15(14)32(28,29)23-19;1-20(2,3)17-16(25)15(19(26)24(17)10-11-5-6-11)18-21-13-8-7-12(23-32(4,29)30)9-14(13)31(27,28)22-18/h8-9,12,18,25,27H,10-11H2,1-7H3,(H2,23,24,29,30);8-9,12-13,19,25,27H,7,10-11H2,1-6H3,(H2,23,24,29,30);7-8,11-12,18,24,26H,9-10H2,1-6H3,(H2,22,23,28,29);7-9,11,17,23,25H,5-6,10H2,1-4H3,(H2,21,22,27,28). The zero-order valence-corrected chi connectivity index (χ0v) is 85.5. The molecule has 8 heterocycles. The number of carbonyl (C=O) groups is 4. The van der Waals surface area contributed by atoms with Gasteiger partial charge in [-0.05, 0) is 150 Å². The van der Waals surface area contributed by atoms with Gasteiger partial charge >= 0.3 is 30.1 Å². The third kappa shape index (κ3) is 24.9. The van der Waals surface area contributed by atoms with E-state index in [4.69, 9.17) is 0 Å². The van der Waals surface area contributed by atoms with Crippen molar-refractivity contribution in [3.05, 3.63) is 118 Å². The van der Waals surface area contributed by atoms with Gasteiger partial charge in [0.25, 0.3) is 23.6 Å². The van der Waals surface area contributed by atoms with E-state index in [1.807, 2.05) is 96.9 Å². The van der Waals surface area contributed by atoms with Crippen LogP contribution in [-0.4, -0.2) is 216 Å². The Hall–Kier alpha value is -9.44. The summed E-state index contributed by atoms with van der Waals surface area (Å²) in [6.45, 7) is 39.2. The number of sulfonamides is 4. The molecule has 4 amide bonds. The Labute approximate surface area is 777 Å². The van der Waals surface area contributed by atoms with E-state index in [1.165, 1.54) is 72.8 Å². The molecule has 133 heavy (non-hydrogen) atoms. The van der Waals surface area contributed by atoms with Crippen molar-refractivity contribution in [1.29, 1.82) is 0 Å². The molecule has 1 fully saturated rings. The lowest BCUT2D eigenvalue weighted by molar-refractivity contribution is -0.129. The van der Waals surface area contributed by atoms with Crippen molar-refractivity contribution < 1.29 is 111 Å². The van der Waals surface area contributed by atoms with Crippen LogP contribution in [0.1, 0.15) is 170 Å². The number of amides is 4. The Morgan fingerprint density at radius 1 is 0.391 bits per heavy atom. The third-order valence-electron chi connectivity index (χ3n) is 22.6. The van der Waals surface area contributed by atoms with E-state index in [0.29, 0.717) is 50.4 Å². The topological polar surface area (TPSA) is 594 Å². The van der Waals surface area contributed by atoms with E-state index in [2.05, 4.69) is 93.8 Å². The van der Waals surface area contributed by atoms with Gasteiger partial charge in [-0.25, -0.2) is 33.7 Å². The molecular formula is C85H124N16O24P4S4. The summed E-state index contributed by atoms with van der Waals surface area (Å²) in [5.74, 6) is -2.14. The number of amidine groups is 4. The van der Waals surface area contributed by atoms with Crippen LogP contribution in [-0.2, 0) is 77.5 Å². The lowest BCUT2D eigenvalue weighted by atomic mass is 9.84. The third-order valence-corrected chi connectivity index (χ3v) is 30.9. The van der Waals surface area contributed by atoms with Crippen LogP contribution in [0, 0.1) is 44.8 Å². The van der Waals surface area contributed by atoms with Crippen LogP contribution >= 0.6 is 30.1 Å². The molecule has 9 unspecified atom stereocenters. The Kier molecular flexibility index (Phi) is 29.8. The van der Waals surface area contributed by atoms with Gasteiger partial charge in [-0.3, -0.25) is 56.3 Å². The molecule has 0 spiro atoms. The fourth-order valence-corrected chi connectivity index (χ4v) is 23.7. The number of hydrogen-bond donors (Lipinski definition) is 16. The number of benzene rings is 4. The molecule has 48 heteroatoms. The van der Waals surface area contributed by atoms with Gasteiger partial charge in [-0.2, -0.15) is 19.1 Å². The molecule has 16 N–H and O–H groups in total. The molecule has 4 aromatic rings. The van der Waals surface area contributed by atoms with E-state index in [-0.39, 0.29) is 141 Å². The van der Waals surface area contributed by atoms with E-state index >= 15 is 0 Å². The average molecular weight is 2010 g/mol. The molecule has 0 radical (unpaired) electrons. The first-order valence-corrected chi connectivity index (χ1v) is 56.8. The number of nitrogens with one attached hydrogen (secondary N) is 8. The van der Waals surface area contributed by atoms with Gasteiger partial charge in [0, 0.05) is 48.9 Å². The van der Waals surface area contributed by atoms with E-state index in [1.54, 1.807) is 19.6 Å². The lowest BCUT2D eigenvalue weighted by Crippen LogP contribution is -2.45. The fourth-order valence-electron chi connectivity index (χ4n) is 16.3. The van der Waals surface area contributed by atoms with Gasteiger partial charge in [0.05, 0.1) is 93.2 Å². The van der Waals surface area contributed by atoms with E-state index in [9.17, 15) is 111 Å². The Bertz CT molecular complexity index is 6390. The average Bonchev–Trinajstić information content (AvgIpc) is 1.70. The van der Waals surface area contributed by atoms with E-state index in [0.717, 1.165) is 57.1 Å². The van der Waals surface area contributed by atoms with Crippen molar-refractivity contribution in [2.75, 3.05) is 91.4 Å². The van der Waals surface area contributed by atoms with Gasteiger partial charge in [-0.1, -0.05) is 138 Å². The number of nitrogens with zero attached hydrogens (tertiary/aromatic N) is 8. The maximum Gasteiger partial charge on any atom is 0.346 e. The summed E-state index contributed by atoms with van der Waals surface area (Å²) in [6.07, 6.45) is 9.08. The highest BCUT2D eigenvalue weighted by Gasteiger charge is 2.54. The minimum atomic E-state index is -4.38. The molecule has 40 nitrogen and oxygen atoms in total. The molecule has 732 valence electrons. The summed E-state index contributed by atoms with van der Waals surface area (Å²) < 4.78 is 169. The zero-order valence-electron chi connectivity index (χ0n) is 78.6. The van der Waals surface area contributed by atoms with Crippen LogP contribution in [0.4, 0.5) is 45.5 Å². The van der Waals surface area contributed by atoms with Crippen molar-refractivity contribution in [2.45, 2.75) is 194 Å². The number of fused-ring (bicyclic) bond motifs is 4. The molecule has 0 saturated heterocycles. The van der Waals surface area contributed by atoms with Crippen LogP contribution in [0.25, 0.3) is 0 Å². The second-order valence-corrected chi connectivity index (χ2v) is 54.8. The predicted octanol–water partition coefficient (Wildman–Crippen LogP) is 11.4. The summed E-state index contributed by atoms with van der Waals surface area (Å²) >= 11 is 0. The number of hydrogen-bond acceptors (Lipinski definition) is 24. The summed E-state index contributed by atoms with van der Waals surface area (Å²) in [5, 5.41) is 55.5. The molecule has 1 aliphatic carbocycles. The molecular weight excluding hydrogens is 1880 g/mol. The van der Waals surface area contributed by atoms with Crippen LogP contribution < -0.4 is 61.4 Å². The van der Waals surface area contributed by atoms with Crippen molar-refractivity contribution in [2.24, 2.45) is 63.9 Å². The monoisotopic (exact) mass is 2000 g/mol. The largest absolute Gasteiger partial charge is 0.509 e. The highest BCUT2D eigenvalue weighted by atomic mass is 32.2. The second kappa shape index (κ2) is 37.6. The Morgan fingerprint density at radius 2 is 0.624 bits per heavy atom. The second-order valence-electron chi connectivity index (χ2n) is 40.7. The van der Waals surface area contributed by atoms with Crippen molar-refractivity contribution >= 4 is 184 Å². The van der Waals surface area contributed by atoms with Crippen LogP contribution in [0.5, 0.6) is 0 Å². The minimum absolute atomic E-state index is 0.0425. The number of anilines is 8. The Morgan fingerprint density at radius 3 is 0.842 bits per heavy atom. The van der Waals surface area contributed by atoms with Crippen molar-refractivity contribution in [1.82, 2.24) is 19.6 Å². The normalized spacial score (nSPS) is 24.2. The number of carbonyl (C=O) groups excluding carboxylic acids is 4. The maximum absolute atomic E-state index is 13.5. The molecule has 1 saturated carbocycles. The quantitative estimate of drug-likeness (QED) is 0.0307. The highest BCUT2D eigenvalue weighted by Crippen LogP contribution is 2.54. The smallest absolute Gasteiger partial charge is 0.346 e. The predicted molar refractivity (Wildman–Crippen MR) is 520 cm³/mol. The first kappa shape index (κ1) is 106. The number of aliphatic hydroxyl groups excluding tert-OH is 4. The number of rotatable bonds is 23. The molecule has 9 aliphatic rings. The molecule has 8 aliphatic heterocycles. The van der Waals surface area contributed by atoms with Gasteiger partial charge in [0.15, 0.2) is 23.3 Å². The number of aliphatic hydroxyl groups is 4. The summed E-state index contributed by atoms with van der Waals surface area (Å²) in [4.78, 5) is 103. The zero-order chi connectivity index (χ0) is 100. The van der Waals surface area contributed by atoms with Crippen LogP contribution in [0.3, 0.4) is 0 Å². The van der Waals surface area contributed by atoms with Crippen molar-refractivity contribution in [3.63, 3.8) is 0 Å². The van der Waals surface area contributed by atoms with Gasteiger partial charge < -0.3 is 80.9 Å². The SMILES string of the molecule is CC(C)(C)C1C(O)=C(C2=NP(=O)(O)c3cc(NS(C)(=O)=O)ccc3N2)C(=O)N1CC1CC1.CC(C)(C)CCN1C(=O)C(C2=NP(=O)(O)c3cc(NS(C)(=O)=O)ccc3N2)=C(O)C1C(C)(C)C.CC(C)CCN1C(=O)C(C2=NP(=O)(O)c3cc(NS(C)(=O)=O)ccc3N2)=C(O)C1C(C)(C)C.CCC(C)CCN1C(=O)C(C2=NP(=O)(O)c3cc(NS(C)(=O)=O)ccc3N2)=C(O)C1C(C)(C)C. The Balaban J connectivity index is 0.000000184. The highest BCUT2D eigenvalue weighted by molar-refractivity contribution is 7.92. The van der Waals surface area contributed by atoms with Crippen molar-refractivity contribution in [3.8, 4) is 0 Å². The molecule has 4 aromatic carbocycles. The van der Waals surface area contributed by atoms with Gasteiger partial charge in [0.1, 0.15) is 45.3 Å². The summed E-state index contributed by atoms with van der Waals surface area (Å²) in [6, 6.07) is 13.9. The summed E-state index contributed by atoms with van der Waals surface area (Å²) in [7, 11) is -31.8. The van der Waals surface area contributed by atoms with Crippen LogP contribution in [0.2, 0.25) is 0 Å². The summed E-state index contributed by atoms with van der Waals surface area (Å²) in [5.41, 5.74) is -1.21. The van der Waals surface area contributed by atoms with E-state index < -0.39 is 140 Å². The van der Waals surface area contributed by atoms with Gasteiger partial charge in [0.2, 0.25) is 40.1 Å².